The van der Waals surface area contributed by atoms with Crippen LogP contribution in [-0.4, -0.2) is 41.0 Å². The van der Waals surface area contributed by atoms with E-state index in [1.807, 2.05) is 0 Å². The molecule has 3 rings (SSSR count). The van der Waals surface area contributed by atoms with Gasteiger partial charge in [-0.1, -0.05) is 0 Å². The Bertz CT molecular complexity index is 1040. The summed E-state index contributed by atoms with van der Waals surface area (Å²) in [6, 6.07) is 6.63. The second-order valence-corrected chi connectivity index (χ2v) is 6.34. The van der Waals surface area contributed by atoms with Gasteiger partial charge in [-0.3, -0.25) is 20.2 Å². The molecule has 10 nitrogen and oxygen atoms in total. The van der Waals surface area contributed by atoms with Gasteiger partial charge in [0.25, 0.3) is 5.69 Å². The fraction of sp³-hybridized carbons (Fsp3) is 0.294. The molecule has 156 valence electrons. The van der Waals surface area contributed by atoms with Crippen molar-refractivity contribution in [2.45, 2.75) is 6.18 Å². The molecule has 0 spiro atoms. The zero-order valence-electron chi connectivity index (χ0n) is 15.2. The summed E-state index contributed by atoms with van der Waals surface area (Å²) >= 11 is 0. The number of nitrogens with zero attached hydrogens (tertiary/aromatic N) is 6. The molecule has 1 aliphatic heterocycles. The number of pyridine rings is 1. The molecule has 2 heterocycles. The van der Waals surface area contributed by atoms with E-state index in [0.29, 0.717) is 25.0 Å². The predicted molar refractivity (Wildman–Crippen MR) is 98.1 cm³/mol. The Kier molecular flexibility index (Phi) is 5.41. The van der Waals surface area contributed by atoms with Gasteiger partial charge in [0, 0.05) is 38.3 Å². The molecule has 0 atom stereocenters. The van der Waals surface area contributed by atoms with Crippen LogP contribution in [0.2, 0.25) is 0 Å². The Labute approximate surface area is 167 Å². The SMILES string of the molecule is N#Cc1nc(N2CCN(c3ccc(C(F)(F)F)cc3[N+](=O)[O-])CC2)ccc1[N+](=O)[O-]. The van der Waals surface area contributed by atoms with Crippen molar-refractivity contribution in [2.75, 3.05) is 36.0 Å². The maximum Gasteiger partial charge on any atom is 0.416 e. The van der Waals surface area contributed by atoms with Crippen LogP contribution in [0.1, 0.15) is 11.3 Å². The minimum atomic E-state index is -4.69. The summed E-state index contributed by atoms with van der Waals surface area (Å²) in [5.41, 5.74) is -2.42. The van der Waals surface area contributed by atoms with Crippen LogP contribution in [0.15, 0.2) is 30.3 Å². The van der Waals surface area contributed by atoms with Crippen molar-refractivity contribution >= 4 is 22.9 Å². The van der Waals surface area contributed by atoms with Gasteiger partial charge in [0.15, 0.2) is 0 Å². The Morgan fingerprint density at radius 3 is 2.10 bits per heavy atom. The highest BCUT2D eigenvalue weighted by molar-refractivity contribution is 5.65. The number of aromatic nitrogens is 1. The van der Waals surface area contributed by atoms with Crippen molar-refractivity contribution in [3.63, 3.8) is 0 Å². The molecule has 1 aromatic heterocycles. The van der Waals surface area contributed by atoms with Gasteiger partial charge in [-0.25, -0.2) is 4.98 Å². The fourth-order valence-corrected chi connectivity index (χ4v) is 3.14. The molecule has 2 aromatic rings. The van der Waals surface area contributed by atoms with E-state index in [0.717, 1.165) is 12.1 Å². The monoisotopic (exact) mass is 422 g/mol. The number of hydrogen-bond acceptors (Lipinski definition) is 8. The maximum atomic E-state index is 12.9. The van der Waals surface area contributed by atoms with Crippen LogP contribution in [0.3, 0.4) is 0 Å². The minimum Gasteiger partial charge on any atom is -0.362 e. The van der Waals surface area contributed by atoms with Crippen LogP contribution < -0.4 is 9.80 Å². The number of nitriles is 1. The highest BCUT2D eigenvalue weighted by Gasteiger charge is 2.34. The number of rotatable bonds is 4. The summed E-state index contributed by atoms with van der Waals surface area (Å²) in [7, 11) is 0. The first-order valence-electron chi connectivity index (χ1n) is 8.53. The molecule has 1 fully saturated rings. The van der Waals surface area contributed by atoms with Crippen LogP contribution in [0.5, 0.6) is 0 Å². The number of halogens is 3. The van der Waals surface area contributed by atoms with E-state index in [-0.39, 0.29) is 24.5 Å². The molecule has 0 unspecified atom stereocenters. The van der Waals surface area contributed by atoms with Gasteiger partial charge in [-0.15, -0.1) is 0 Å². The zero-order chi connectivity index (χ0) is 22.1. The summed E-state index contributed by atoms with van der Waals surface area (Å²) in [6.45, 7) is 1.08. The molecule has 13 heteroatoms. The Morgan fingerprint density at radius 2 is 1.57 bits per heavy atom. The first-order valence-corrected chi connectivity index (χ1v) is 8.53. The van der Waals surface area contributed by atoms with Gasteiger partial charge in [-0.05, 0) is 18.2 Å². The van der Waals surface area contributed by atoms with E-state index < -0.39 is 33.0 Å². The quantitative estimate of drug-likeness (QED) is 0.543. The highest BCUT2D eigenvalue weighted by atomic mass is 19.4. The number of anilines is 2. The lowest BCUT2D eigenvalue weighted by molar-refractivity contribution is -0.385. The van der Waals surface area contributed by atoms with Gasteiger partial charge >= 0.3 is 11.9 Å². The van der Waals surface area contributed by atoms with Crippen LogP contribution in [0, 0.1) is 31.6 Å². The zero-order valence-corrected chi connectivity index (χ0v) is 15.2. The highest BCUT2D eigenvalue weighted by Crippen LogP contribution is 2.37. The fourth-order valence-electron chi connectivity index (χ4n) is 3.14. The molecular formula is C17H13F3N6O4. The maximum absolute atomic E-state index is 12.9. The molecular weight excluding hydrogens is 409 g/mol. The first kappa shape index (κ1) is 20.8. The molecule has 1 aliphatic rings. The smallest absolute Gasteiger partial charge is 0.362 e. The van der Waals surface area contributed by atoms with Crippen LogP contribution >= 0.6 is 0 Å². The second kappa shape index (κ2) is 7.82. The number of nitro groups is 2. The third-order valence-corrected chi connectivity index (χ3v) is 4.61. The standard InChI is InChI=1S/C17H13F3N6O4/c18-17(19,20)11-1-2-14(15(9-11)26(29)30)23-5-7-24(8-6-23)16-4-3-13(25(27)28)12(10-21)22-16/h1-4,9H,5-8H2. The molecule has 0 aliphatic carbocycles. The van der Waals surface area contributed by atoms with E-state index in [2.05, 4.69) is 4.98 Å². The van der Waals surface area contributed by atoms with Crippen molar-refractivity contribution in [1.82, 2.24) is 4.98 Å². The van der Waals surface area contributed by atoms with Gasteiger partial charge in [0.2, 0.25) is 5.69 Å². The Morgan fingerprint density at radius 1 is 0.967 bits per heavy atom. The summed E-state index contributed by atoms with van der Waals surface area (Å²) in [6.07, 6.45) is -4.69. The molecule has 1 aromatic carbocycles. The van der Waals surface area contributed by atoms with Crippen LogP contribution in [0.25, 0.3) is 0 Å². The Balaban J connectivity index is 1.80. The first-order chi connectivity index (χ1) is 14.1. The van der Waals surface area contributed by atoms with Crippen molar-refractivity contribution in [2.24, 2.45) is 0 Å². The molecule has 0 amide bonds. The second-order valence-electron chi connectivity index (χ2n) is 6.34. The molecule has 0 radical (unpaired) electrons. The van der Waals surface area contributed by atoms with E-state index in [1.54, 1.807) is 15.9 Å². The van der Waals surface area contributed by atoms with Crippen LogP contribution in [-0.2, 0) is 6.18 Å². The van der Waals surface area contributed by atoms with Crippen molar-refractivity contribution in [3.8, 4) is 6.07 Å². The van der Waals surface area contributed by atoms with Crippen LogP contribution in [0.4, 0.5) is 36.1 Å². The number of nitro benzene ring substituents is 1. The number of piperazine rings is 1. The molecule has 0 N–H and O–H groups in total. The van der Waals surface area contributed by atoms with Crippen molar-refractivity contribution < 1.29 is 23.0 Å². The van der Waals surface area contributed by atoms with E-state index >= 15 is 0 Å². The third kappa shape index (κ3) is 4.07. The number of alkyl halides is 3. The van der Waals surface area contributed by atoms with Crippen molar-refractivity contribution in [1.29, 1.82) is 5.26 Å². The predicted octanol–water partition coefficient (Wildman–Crippen LogP) is 3.12. The summed E-state index contributed by atoms with van der Waals surface area (Å²) in [5.74, 6) is 0.332. The van der Waals surface area contributed by atoms with Gasteiger partial charge in [0.1, 0.15) is 17.6 Å². The Hall–Kier alpha value is -3.95. The molecule has 30 heavy (non-hydrogen) atoms. The topological polar surface area (TPSA) is 129 Å². The average molecular weight is 422 g/mol. The van der Waals surface area contributed by atoms with Gasteiger partial charge in [-0.2, -0.15) is 18.4 Å². The lowest BCUT2D eigenvalue weighted by Gasteiger charge is -2.36. The number of benzene rings is 1. The largest absolute Gasteiger partial charge is 0.416 e. The average Bonchev–Trinajstić information content (AvgIpc) is 2.72. The normalized spacial score (nSPS) is 14.3. The van der Waals surface area contributed by atoms with Crippen molar-refractivity contribution in [3.05, 3.63) is 61.8 Å². The van der Waals surface area contributed by atoms with Gasteiger partial charge in [0.05, 0.1) is 15.4 Å². The molecule has 0 bridgehead atoms. The van der Waals surface area contributed by atoms with E-state index in [9.17, 15) is 33.4 Å². The minimum absolute atomic E-state index is 0.0713. The van der Waals surface area contributed by atoms with Gasteiger partial charge < -0.3 is 9.80 Å². The molecule has 1 saturated heterocycles. The lowest BCUT2D eigenvalue weighted by atomic mass is 10.1. The summed E-state index contributed by atoms with van der Waals surface area (Å²) in [4.78, 5) is 27.9. The van der Waals surface area contributed by atoms with E-state index in [1.165, 1.54) is 12.1 Å². The summed E-state index contributed by atoms with van der Waals surface area (Å²) in [5, 5.41) is 31.3. The lowest BCUT2D eigenvalue weighted by Crippen LogP contribution is -2.47. The number of hydrogen-bond donors (Lipinski definition) is 0. The molecule has 0 saturated carbocycles. The summed E-state index contributed by atoms with van der Waals surface area (Å²) < 4.78 is 38.6. The van der Waals surface area contributed by atoms with E-state index in [4.69, 9.17) is 5.26 Å². The third-order valence-electron chi connectivity index (χ3n) is 4.61.